The van der Waals surface area contributed by atoms with Gasteiger partial charge in [-0.2, -0.15) is 0 Å². The topological polar surface area (TPSA) is 20.2 Å². The second-order valence-electron chi connectivity index (χ2n) is 3.25. The predicted octanol–water partition coefficient (Wildman–Crippen LogP) is 2.05. The van der Waals surface area contributed by atoms with Crippen LogP contribution in [0.2, 0.25) is 0 Å². The number of aliphatic hydroxyl groups excluding tert-OH is 1. The molecule has 0 aromatic carbocycles. The van der Waals surface area contributed by atoms with Crippen LogP contribution in [0.4, 0.5) is 0 Å². The highest BCUT2D eigenvalue weighted by Crippen LogP contribution is 2.13. The quantitative estimate of drug-likeness (QED) is 0.617. The highest BCUT2D eigenvalue weighted by Gasteiger charge is 2.02. The fourth-order valence-corrected chi connectivity index (χ4v) is 1.14. The van der Waals surface area contributed by atoms with E-state index in [9.17, 15) is 0 Å². The van der Waals surface area contributed by atoms with Gasteiger partial charge in [0.2, 0.25) is 0 Å². The Labute approximate surface area is 58.1 Å². The number of rotatable bonds is 4. The molecular formula is C8H18O. The van der Waals surface area contributed by atoms with Crippen LogP contribution in [-0.4, -0.2) is 11.7 Å². The minimum absolute atomic E-state index is 0.341. The summed E-state index contributed by atoms with van der Waals surface area (Å²) in [5, 5.41) is 8.55. The van der Waals surface area contributed by atoms with Crippen molar-refractivity contribution in [1.82, 2.24) is 0 Å². The molecule has 0 saturated carbocycles. The number of hydrogen-bond donors (Lipinski definition) is 1. The molecule has 0 saturated heterocycles. The molecule has 1 heteroatoms. The van der Waals surface area contributed by atoms with Crippen molar-refractivity contribution < 1.29 is 5.11 Å². The Kier molecular flexibility index (Phi) is 4.78. The van der Waals surface area contributed by atoms with Crippen molar-refractivity contribution in [2.45, 2.75) is 33.6 Å². The van der Waals surface area contributed by atoms with Crippen LogP contribution in [0.3, 0.4) is 0 Å². The summed E-state index contributed by atoms with van der Waals surface area (Å²) in [5.41, 5.74) is 0. The largest absolute Gasteiger partial charge is 0.396 e. The maximum atomic E-state index is 8.55. The SMILES string of the molecule is CC(C)C[C@@H](C)CCO. The molecule has 0 spiro atoms. The molecule has 0 aromatic heterocycles. The zero-order chi connectivity index (χ0) is 7.28. The van der Waals surface area contributed by atoms with Crippen LogP contribution in [0.5, 0.6) is 0 Å². The summed E-state index contributed by atoms with van der Waals surface area (Å²) in [5.74, 6) is 1.46. The predicted molar refractivity (Wildman–Crippen MR) is 40.3 cm³/mol. The molecule has 1 N–H and O–H groups in total. The van der Waals surface area contributed by atoms with Gasteiger partial charge in [-0.15, -0.1) is 0 Å². The fourth-order valence-electron chi connectivity index (χ4n) is 1.14. The normalized spacial score (nSPS) is 14.3. The van der Waals surface area contributed by atoms with Gasteiger partial charge in [0.05, 0.1) is 0 Å². The number of hydrogen-bond acceptors (Lipinski definition) is 1. The molecule has 0 aliphatic heterocycles. The molecule has 1 nitrogen and oxygen atoms in total. The molecule has 0 aliphatic carbocycles. The van der Waals surface area contributed by atoms with Crippen molar-refractivity contribution in [3.8, 4) is 0 Å². The molecule has 9 heavy (non-hydrogen) atoms. The Bertz CT molecular complexity index is 59.6. The van der Waals surface area contributed by atoms with Crippen LogP contribution in [0.15, 0.2) is 0 Å². The average Bonchev–Trinajstić information content (AvgIpc) is 1.63. The van der Waals surface area contributed by atoms with E-state index in [0.29, 0.717) is 12.5 Å². The molecule has 0 unspecified atom stereocenters. The Balaban J connectivity index is 3.15. The Morgan fingerprint density at radius 2 is 1.78 bits per heavy atom. The van der Waals surface area contributed by atoms with Crippen molar-refractivity contribution in [2.75, 3.05) is 6.61 Å². The molecule has 0 heterocycles. The van der Waals surface area contributed by atoms with Crippen LogP contribution < -0.4 is 0 Å². The summed E-state index contributed by atoms with van der Waals surface area (Å²) < 4.78 is 0. The first kappa shape index (κ1) is 8.96. The zero-order valence-electron chi connectivity index (χ0n) is 6.72. The minimum atomic E-state index is 0.341. The highest BCUT2D eigenvalue weighted by molar-refractivity contribution is 4.54. The van der Waals surface area contributed by atoms with E-state index in [1.807, 2.05) is 0 Å². The van der Waals surface area contributed by atoms with Crippen molar-refractivity contribution in [3.63, 3.8) is 0 Å². The summed E-state index contributed by atoms with van der Waals surface area (Å²) in [7, 11) is 0. The smallest absolute Gasteiger partial charge is 0.0433 e. The summed E-state index contributed by atoms with van der Waals surface area (Å²) in [6, 6.07) is 0. The summed E-state index contributed by atoms with van der Waals surface area (Å²) in [6.07, 6.45) is 2.19. The third kappa shape index (κ3) is 5.84. The van der Waals surface area contributed by atoms with Gasteiger partial charge in [0.1, 0.15) is 0 Å². The molecule has 0 bridgehead atoms. The molecule has 0 rings (SSSR count). The van der Waals surface area contributed by atoms with Crippen molar-refractivity contribution in [2.24, 2.45) is 11.8 Å². The van der Waals surface area contributed by atoms with Crippen LogP contribution in [0.25, 0.3) is 0 Å². The van der Waals surface area contributed by atoms with Gasteiger partial charge in [0.15, 0.2) is 0 Å². The number of aliphatic hydroxyl groups is 1. The monoisotopic (exact) mass is 130 g/mol. The summed E-state index contributed by atoms with van der Waals surface area (Å²) >= 11 is 0. The molecule has 0 amide bonds. The van der Waals surface area contributed by atoms with Gasteiger partial charge in [-0.1, -0.05) is 20.8 Å². The Morgan fingerprint density at radius 1 is 1.22 bits per heavy atom. The zero-order valence-corrected chi connectivity index (χ0v) is 6.72. The second-order valence-corrected chi connectivity index (χ2v) is 3.25. The summed E-state index contributed by atoms with van der Waals surface area (Å²) in [6.45, 7) is 6.96. The van der Waals surface area contributed by atoms with Crippen molar-refractivity contribution >= 4 is 0 Å². The van der Waals surface area contributed by atoms with Gasteiger partial charge in [-0.05, 0) is 24.7 Å². The molecule has 0 aliphatic rings. The van der Waals surface area contributed by atoms with Gasteiger partial charge in [-0.25, -0.2) is 0 Å². The first-order valence-electron chi connectivity index (χ1n) is 3.77. The van der Waals surface area contributed by atoms with Gasteiger partial charge in [0, 0.05) is 6.61 Å². The molecule has 56 valence electrons. The fraction of sp³-hybridized carbons (Fsp3) is 1.00. The van der Waals surface area contributed by atoms with Crippen LogP contribution in [0, 0.1) is 11.8 Å². The standard InChI is InChI=1S/C8H18O/c1-7(2)6-8(3)4-5-9/h7-9H,4-6H2,1-3H3/t8-/m0/s1. The van der Waals surface area contributed by atoms with E-state index >= 15 is 0 Å². The van der Waals surface area contributed by atoms with Gasteiger partial charge < -0.3 is 5.11 Å². The lowest BCUT2D eigenvalue weighted by Gasteiger charge is -2.11. The molecule has 0 radical (unpaired) electrons. The maximum absolute atomic E-state index is 8.55. The van der Waals surface area contributed by atoms with E-state index in [-0.39, 0.29) is 0 Å². The average molecular weight is 130 g/mol. The lowest BCUT2D eigenvalue weighted by molar-refractivity contribution is 0.251. The lowest BCUT2D eigenvalue weighted by atomic mass is 9.97. The first-order chi connectivity index (χ1) is 4.16. The van der Waals surface area contributed by atoms with Gasteiger partial charge >= 0.3 is 0 Å². The Morgan fingerprint density at radius 3 is 2.11 bits per heavy atom. The third-order valence-electron chi connectivity index (χ3n) is 1.50. The van der Waals surface area contributed by atoms with E-state index in [1.54, 1.807) is 0 Å². The van der Waals surface area contributed by atoms with Gasteiger partial charge in [-0.3, -0.25) is 0 Å². The van der Waals surface area contributed by atoms with E-state index in [0.717, 1.165) is 12.3 Å². The lowest BCUT2D eigenvalue weighted by Crippen LogP contribution is -2.01. The van der Waals surface area contributed by atoms with Crippen LogP contribution in [0.1, 0.15) is 33.6 Å². The van der Waals surface area contributed by atoms with Crippen molar-refractivity contribution in [3.05, 3.63) is 0 Å². The van der Waals surface area contributed by atoms with E-state index in [4.69, 9.17) is 5.11 Å². The second kappa shape index (κ2) is 4.80. The third-order valence-corrected chi connectivity index (χ3v) is 1.50. The van der Waals surface area contributed by atoms with Crippen LogP contribution in [-0.2, 0) is 0 Å². The summed E-state index contributed by atoms with van der Waals surface area (Å²) in [4.78, 5) is 0. The molecular weight excluding hydrogens is 112 g/mol. The van der Waals surface area contributed by atoms with E-state index < -0.39 is 0 Å². The van der Waals surface area contributed by atoms with E-state index in [2.05, 4.69) is 20.8 Å². The van der Waals surface area contributed by atoms with E-state index in [1.165, 1.54) is 6.42 Å². The molecule has 0 fully saturated rings. The molecule has 0 aromatic rings. The molecule has 1 atom stereocenters. The minimum Gasteiger partial charge on any atom is -0.396 e. The van der Waals surface area contributed by atoms with Crippen molar-refractivity contribution in [1.29, 1.82) is 0 Å². The maximum Gasteiger partial charge on any atom is 0.0433 e. The van der Waals surface area contributed by atoms with Gasteiger partial charge in [0.25, 0.3) is 0 Å². The first-order valence-corrected chi connectivity index (χ1v) is 3.77. The Hall–Kier alpha value is -0.0400. The highest BCUT2D eigenvalue weighted by atomic mass is 16.2. The van der Waals surface area contributed by atoms with Crippen LogP contribution >= 0.6 is 0 Å².